The van der Waals surface area contributed by atoms with E-state index in [0.29, 0.717) is 6.04 Å². The molecule has 1 heterocycles. The minimum absolute atomic E-state index is 0.636. The van der Waals surface area contributed by atoms with Gasteiger partial charge < -0.3 is 10.1 Å². The molecule has 1 unspecified atom stereocenters. The van der Waals surface area contributed by atoms with E-state index in [1.54, 1.807) is 0 Å². The Morgan fingerprint density at radius 3 is 2.80 bits per heavy atom. The molecule has 0 aliphatic carbocycles. The van der Waals surface area contributed by atoms with Gasteiger partial charge in [-0.2, -0.15) is 0 Å². The average Bonchev–Trinajstić information content (AvgIpc) is 2.41. The van der Waals surface area contributed by atoms with Gasteiger partial charge in [0.15, 0.2) is 0 Å². The van der Waals surface area contributed by atoms with Crippen LogP contribution in [0.15, 0.2) is 28.7 Å². The number of hydrogen-bond donors (Lipinski definition) is 1. The van der Waals surface area contributed by atoms with Crippen molar-refractivity contribution in [2.75, 3.05) is 32.8 Å². The Balaban J connectivity index is 1.69. The molecule has 0 aromatic heterocycles. The minimum atomic E-state index is 0.636. The summed E-state index contributed by atoms with van der Waals surface area (Å²) in [7, 11) is 0. The molecule has 1 aromatic rings. The fraction of sp³-hybridized carbons (Fsp3) is 0.625. The third-order valence-corrected chi connectivity index (χ3v) is 4.11. The molecular formula is C16H25BrN2O. The number of nitrogens with one attached hydrogen (secondary N) is 1. The predicted octanol–water partition coefficient (Wildman–Crippen LogP) is 3.15. The van der Waals surface area contributed by atoms with Crippen LogP contribution < -0.4 is 10.1 Å². The van der Waals surface area contributed by atoms with Crippen molar-refractivity contribution in [1.82, 2.24) is 10.2 Å². The topological polar surface area (TPSA) is 24.5 Å². The van der Waals surface area contributed by atoms with E-state index >= 15 is 0 Å². The summed E-state index contributed by atoms with van der Waals surface area (Å²) in [5.74, 6) is 1.70. The van der Waals surface area contributed by atoms with Gasteiger partial charge in [0.2, 0.25) is 0 Å². The summed E-state index contributed by atoms with van der Waals surface area (Å²) in [5, 5.41) is 3.61. The lowest BCUT2D eigenvalue weighted by atomic mass is 10.0. The Bertz CT molecular complexity index is 394. The van der Waals surface area contributed by atoms with Crippen LogP contribution in [0.4, 0.5) is 0 Å². The fourth-order valence-electron chi connectivity index (χ4n) is 2.65. The zero-order chi connectivity index (χ0) is 14.4. The predicted molar refractivity (Wildman–Crippen MR) is 87.3 cm³/mol. The molecule has 1 fully saturated rings. The second-order valence-electron chi connectivity index (χ2n) is 5.88. The SMILES string of the molecule is CC(C)CC1CN(CCOc2ccc(Br)cc2)CCN1. The third-order valence-electron chi connectivity index (χ3n) is 3.59. The van der Waals surface area contributed by atoms with Crippen molar-refractivity contribution in [3.8, 4) is 5.75 Å². The van der Waals surface area contributed by atoms with E-state index in [1.165, 1.54) is 6.42 Å². The summed E-state index contributed by atoms with van der Waals surface area (Å²) < 4.78 is 6.88. The molecule has 1 atom stereocenters. The van der Waals surface area contributed by atoms with E-state index in [2.05, 4.69) is 40.0 Å². The fourth-order valence-corrected chi connectivity index (χ4v) is 2.91. The van der Waals surface area contributed by atoms with E-state index in [1.807, 2.05) is 24.3 Å². The Morgan fingerprint density at radius 1 is 1.35 bits per heavy atom. The first-order valence-electron chi connectivity index (χ1n) is 7.47. The van der Waals surface area contributed by atoms with E-state index in [4.69, 9.17) is 4.74 Å². The highest BCUT2D eigenvalue weighted by molar-refractivity contribution is 9.10. The molecule has 1 saturated heterocycles. The van der Waals surface area contributed by atoms with Gasteiger partial charge in [-0.05, 0) is 36.6 Å². The summed E-state index contributed by atoms with van der Waals surface area (Å²) in [6, 6.07) is 8.67. The first-order chi connectivity index (χ1) is 9.63. The largest absolute Gasteiger partial charge is 0.492 e. The molecule has 0 amide bonds. The van der Waals surface area contributed by atoms with Crippen molar-refractivity contribution >= 4 is 15.9 Å². The van der Waals surface area contributed by atoms with Crippen LogP contribution in [0.25, 0.3) is 0 Å². The van der Waals surface area contributed by atoms with Crippen molar-refractivity contribution in [3.05, 3.63) is 28.7 Å². The summed E-state index contributed by atoms with van der Waals surface area (Å²) in [6.45, 7) is 9.70. The summed E-state index contributed by atoms with van der Waals surface area (Å²) >= 11 is 3.43. The van der Waals surface area contributed by atoms with Gasteiger partial charge in [-0.25, -0.2) is 0 Å². The van der Waals surface area contributed by atoms with Crippen LogP contribution >= 0.6 is 15.9 Å². The standard InChI is InChI=1S/C16H25BrN2O/c1-13(2)11-15-12-19(8-7-18-15)9-10-20-16-5-3-14(17)4-6-16/h3-6,13,15,18H,7-12H2,1-2H3. The quantitative estimate of drug-likeness (QED) is 0.860. The van der Waals surface area contributed by atoms with Crippen LogP contribution in [-0.2, 0) is 0 Å². The molecule has 1 N–H and O–H groups in total. The summed E-state index contributed by atoms with van der Waals surface area (Å²) in [5.41, 5.74) is 0. The van der Waals surface area contributed by atoms with E-state index < -0.39 is 0 Å². The van der Waals surface area contributed by atoms with Gasteiger partial charge >= 0.3 is 0 Å². The number of hydrogen-bond acceptors (Lipinski definition) is 3. The Kier molecular flexibility index (Phi) is 6.33. The molecule has 0 bridgehead atoms. The molecule has 0 spiro atoms. The molecule has 3 nitrogen and oxygen atoms in total. The Labute approximate surface area is 130 Å². The van der Waals surface area contributed by atoms with Gasteiger partial charge in [0.25, 0.3) is 0 Å². The molecule has 20 heavy (non-hydrogen) atoms. The molecule has 1 aromatic carbocycles. The van der Waals surface area contributed by atoms with Gasteiger partial charge in [0.1, 0.15) is 12.4 Å². The van der Waals surface area contributed by atoms with Crippen molar-refractivity contribution in [1.29, 1.82) is 0 Å². The second kappa shape index (κ2) is 8.01. The van der Waals surface area contributed by atoms with Crippen LogP contribution in [0.2, 0.25) is 0 Å². The van der Waals surface area contributed by atoms with Gasteiger partial charge in [0, 0.05) is 36.7 Å². The highest BCUT2D eigenvalue weighted by Gasteiger charge is 2.19. The second-order valence-corrected chi connectivity index (χ2v) is 6.80. The number of halogens is 1. The van der Waals surface area contributed by atoms with Crippen LogP contribution in [0.3, 0.4) is 0 Å². The third kappa shape index (κ3) is 5.43. The zero-order valence-electron chi connectivity index (χ0n) is 12.4. The van der Waals surface area contributed by atoms with Crippen LogP contribution in [0.5, 0.6) is 5.75 Å². The van der Waals surface area contributed by atoms with Crippen LogP contribution in [0, 0.1) is 5.92 Å². The molecule has 0 radical (unpaired) electrons. The average molecular weight is 341 g/mol. The number of piperazine rings is 1. The lowest BCUT2D eigenvalue weighted by molar-refractivity contribution is 0.157. The van der Waals surface area contributed by atoms with E-state index in [-0.39, 0.29) is 0 Å². The van der Waals surface area contributed by atoms with Crippen LogP contribution in [0.1, 0.15) is 20.3 Å². The molecule has 2 rings (SSSR count). The molecule has 112 valence electrons. The lowest BCUT2D eigenvalue weighted by Crippen LogP contribution is -2.51. The molecule has 4 heteroatoms. The maximum atomic E-state index is 5.80. The normalized spacial score (nSPS) is 20.3. The summed E-state index contributed by atoms with van der Waals surface area (Å²) in [6.07, 6.45) is 1.25. The zero-order valence-corrected chi connectivity index (χ0v) is 14.0. The maximum Gasteiger partial charge on any atom is 0.119 e. The monoisotopic (exact) mass is 340 g/mol. The highest BCUT2D eigenvalue weighted by Crippen LogP contribution is 2.16. The van der Waals surface area contributed by atoms with Gasteiger partial charge in [-0.15, -0.1) is 0 Å². The van der Waals surface area contributed by atoms with Crippen molar-refractivity contribution in [2.45, 2.75) is 26.3 Å². The molecule has 0 saturated carbocycles. The molecule has 1 aliphatic rings. The van der Waals surface area contributed by atoms with Crippen molar-refractivity contribution < 1.29 is 4.74 Å². The van der Waals surface area contributed by atoms with E-state index in [9.17, 15) is 0 Å². The molecule has 1 aliphatic heterocycles. The smallest absolute Gasteiger partial charge is 0.119 e. The van der Waals surface area contributed by atoms with Gasteiger partial charge in [-0.1, -0.05) is 29.8 Å². The highest BCUT2D eigenvalue weighted by atomic mass is 79.9. The van der Waals surface area contributed by atoms with Gasteiger partial charge in [0.05, 0.1) is 0 Å². The first kappa shape index (κ1) is 15.8. The van der Waals surface area contributed by atoms with Crippen LogP contribution in [-0.4, -0.2) is 43.7 Å². The van der Waals surface area contributed by atoms with Gasteiger partial charge in [-0.3, -0.25) is 4.90 Å². The van der Waals surface area contributed by atoms with Crippen molar-refractivity contribution in [3.63, 3.8) is 0 Å². The Hall–Kier alpha value is -0.580. The summed E-state index contributed by atoms with van der Waals surface area (Å²) in [4.78, 5) is 2.50. The number of benzene rings is 1. The van der Waals surface area contributed by atoms with E-state index in [0.717, 1.165) is 48.9 Å². The van der Waals surface area contributed by atoms with Crippen molar-refractivity contribution in [2.24, 2.45) is 5.92 Å². The first-order valence-corrected chi connectivity index (χ1v) is 8.27. The number of rotatable bonds is 6. The maximum absolute atomic E-state index is 5.80. The minimum Gasteiger partial charge on any atom is -0.492 e. The number of nitrogens with zero attached hydrogens (tertiary/aromatic N) is 1. The molecular weight excluding hydrogens is 316 g/mol. The Morgan fingerprint density at radius 2 is 2.10 bits per heavy atom. The lowest BCUT2D eigenvalue weighted by Gasteiger charge is -2.34. The number of ether oxygens (including phenoxy) is 1.